The van der Waals surface area contributed by atoms with E-state index >= 15 is 0 Å². The number of nitrogens with zero attached hydrogens (tertiary/aromatic N) is 2. The molecule has 0 aliphatic carbocycles. The second-order valence-electron chi connectivity index (χ2n) is 5.41. The number of sulfonamides is 1. The smallest absolute Gasteiger partial charge is 0.357 e. The van der Waals surface area contributed by atoms with Gasteiger partial charge in [-0.15, -0.1) is 0 Å². The number of esters is 1. The van der Waals surface area contributed by atoms with Gasteiger partial charge in [-0.1, -0.05) is 12.1 Å². The number of nitrogens with two attached hydrogens (primary N) is 1. The molecule has 3 rings (SSSR count). The molecule has 2 heterocycles. The van der Waals surface area contributed by atoms with E-state index in [9.17, 15) is 13.2 Å². The summed E-state index contributed by atoms with van der Waals surface area (Å²) in [4.78, 5) is 16.0. The molecule has 7 nitrogen and oxygen atoms in total. The Balaban J connectivity index is 2.17. The fourth-order valence-electron chi connectivity index (χ4n) is 2.77. The summed E-state index contributed by atoms with van der Waals surface area (Å²) in [7, 11) is -2.41. The minimum atomic E-state index is -3.67. The lowest BCUT2D eigenvalue weighted by Gasteiger charge is -2.17. The van der Waals surface area contributed by atoms with Gasteiger partial charge in [0.2, 0.25) is 10.0 Å². The molecule has 0 unspecified atom stereocenters. The van der Waals surface area contributed by atoms with Crippen molar-refractivity contribution in [1.82, 2.24) is 9.29 Å². The molecule has 1 fully saturated rings. The zero-order chi connectivity index (χ0) is 16.6. The fraction of sp³-hybridized carbons (Fsp3) is 0.333. The molecular weight excluding hydrogens is 318 g/mol. The summed E-state index contributed by atoms with van der Waals surface area (Å²) in [5.74, 6) is -0.603. The monoisotopic (exact) mass is 335 g/mol. The molecule has 23 heavy (non-hydrogen) atoms. The molecule has 8 heteroatoms. The summed E-state index contributed by atoms with van der Waals surface area (Å²) in [6.45, 7) is 0.697. The van der Waals surface area contributed by atoms with Gasteiger partial charge in [-0.05, 0) is 18.6 Å². The lowest BCUT2D eigenvalue weighted by atomic mass is 10.1. The Bertz CT molecular complexity index is 866. The minimum absolute atomic E-state index is 0.0974. The normalized spacial score (nSPS) is 19.1. The highest BCUT2D eigenvalue weighted by Crippen LogP contribution is 2.28. The average molecular weight is 335 g/mol. The Hall–Kier alpha value is -2.03. The van der Waals surface area contributed by atoms with Gasteiger partial charge in [-0.3, -0.25) is 0 Å². The molecule has 0 radical (unpaired) electrons. The topological polar surface area (TPSA) is 103 Å². The standard InChI is InChI=1S/C15H17N3O4S/c1-22-15(19)14-12-3-2-4-13(11(12)5-7-17-14)23(20,21)18-8-6-10(16)9-18/h2-5,7,10H,6,8-9,16H2,1H3/t10-/m1/s1. The Morgan fingerprint density at radius 2 is 2.13 bits per heavy atom. The van der Waals surface area contributed by atoms with E-state index in [4.69, 9.17) is 10.5 Å². The highest BCUT2D eigenvalue weighted by atomic mass is 32.2. The van der Waals surface area contributed by atoms with Crippen LogP contribution in [0, 0.1) is 0 Å². The number of aromatic nitrogens is 1. The van der Waals surface area contributed by atoms with Crippen molar-refractivity contribution < 1.29 is 17.9 Å². The van der Waals surface area contributed by atoms with E-state index in [1.165, 1.54) is 23.7 Å². The van der Waals surface area contributed by atoms with Crippen LogP contribution in [0.15, 0.2) is 35.4 Å². The summed E-state index contributed by atoms with van der Waals surface area (Å²) in [5.41, 5.74) is 5.91. The SMILES string of the molecule is COC(=O)c1nccc2c(S(=O)(=O)N3CC[C@@H](N)C3)cccc12. The van der Waals surface area contributed by atoms with Crippen LogP contribution in [-0.2, 0) is 14.8 Å². The summed E-state index contributed by atoms with van der Waals surface area (Å²) < 4.78 is 31.8. The Kier molecular flexibility index (Phi) is 4.05. The first-order valence-corrected chi connectivity index (χ1v) is 8.61. The highest BCUT2D eigenvalue weighted by Gasteiger charge is 2.32. The van der Waals surface area contributed by atoms with Gasteiger partial charge < -0.3 is 10.5 Å². The molecule has 1 atom stereocenters. The maximum Gasteiger partial charge on any atom is 0.357 e. The third-order valence-electron chi connectivity index (χ3n) is 3.95. The van der Waals surface area contributed by atoms with Crippen molar-refractivity contribution in [1.29, 1.82) is 0 Å². The van der Waals surface area contributed by atoms with Crippen molar-refractivity contribution in [3.63, 3.8) is 0 Å². The molecule has 0 amide bonds. The van der Waals surface area contributed by atoms with Crippen LogP contribution in [0.2, 0.25) is 0 Å². The third kappa shape index (κ3) is 2.69. The first-order chi connectivity index (χ1) is 10.9. The van der Waals surface area contributed by atoms with Gasteiger partial charge in [0.1, 0.15) is 0 Å². The van der Waals surface area contributed by atoms with Gasteiger partial charge in [0.05, 0.1) is 12.0 Å². The summed E-state index contributed by atoms with van der Waals surface area (Å²) in [5, 5.41) is 0.896. The van der Waals surface area contributed by atoms with E-state index in [2.05, 4.69) is 4.98 Å². The highest BCUT2D eigenvalue weighted by molar-refractivity contribution is 7.89. The molecule has 1 aromatic carbocycles. The molecule has 1 aliphatic heterocycles. The predicted octanol–water partition coefficient (Wildman–Crippen LogP) is 0.743. The number of hydrogen-bond acceptors (Lipinski definition) is 6. The van der Waals surface area contributed by atoms with Gasteiger partial charge in [0.25, 0.3) is 0 Å². The van der Waals surface area contributed by atoms with E-state index in [1.54, 1.807) is 18.2 Å². The van der Waals surface area contributed by atoms with Crippen LogP contribution in [0.1, 0.15) is 16.9 Å². The molecule has 0 spiro atoms. The van der Waals surface area contributed by atoms with Crippen LogP contribution in [0.3, 0.4) is 0 Å². The van der Waals surface area contributed by atoms with Crippen LogP contribution in [0.4, 0.5) is 0 Å². The van der Waals surface area contributed by atoms with Crippen molar-refractivity contribution in [2.75, 3.05) is 20.2 Å². The van der Waals surface area contributed by atoms with Crippen LogP contribution in [0.25, 0.3) is 10.8 Å². The maximum absolute atomic E-state index is 12.9. The number of hydrogen-bond donors (Lipinski definition) is 1. The first kappa shape index (κ1) is 15.9. The molecule has 1 saturated heterocycles. The molecule has 2 N–H and O–H groups in total. The fourth-order valence-corrected chi connectivity index (χ4v) is 4.49. The second-order valence-corrected chi connectivity index (χ2v) is 7.32. The predicted molar refractivity (Wildman–Crippen MR) is 84.4 cm³/mol. The van der Waals surface area contributed by atoms with E-state index < -0.39 is 16.0 Å². The molecule has 0 saturated carbocycles. The van der Waals surface area contributed by atoms with Gasteiger partial charge in [-0.2, -0.15) is 4.31 Å². The van der Waals surface area contributed by atoms with E-state index in [0.29, 0.717) is 30.3 Å². The molecule has 2 aromatic rings. The van der Waals surface area contributed by atoms with Crippen molar-refractivity contribution in [3.8, 4) is 0 Å². The number of pyridine rings is 1. The Morgan fingerprint density at radius 1 is 1.35 bits per heavy atom. The minimum Gasteiger partial charge on any atom is -0.464 e. The zero-order valence-electron chi connectivity index (χ0n) is 12.6. The molecular formula is C15H17N3O4S. The molecule has 1 aliphatic rings. The number of ether oxygens (including phenoxy) is 1. The summed E-state index contributed by atoms with van der Waals surface area (Å²) in [6.07, 6.45) is 2.04. The van der Waals surface area contributed by atoms with Gasteiger partial charge >= 0.3 is 5.97 Å². The van der Waals surface area contributed by atoms with Gasteiger partial charge in [0, 0.05) is 36.1 Å². The molecule has 122 valence electrons. The summed E-state index contributed by atoms with van der Waals surface area (Å²) >= 11 is 0. The number of carbonyl (C=O) groups excluding carboxylic acids is 1. The van der Waals surface area contributed by atoms with E-state index in [-0.39, 0.29) is 16.6 Å². The van der Waals surface area contributed by atoms with Crippen molar-refractivity contribution in [3.05, 3.63) is 36.2 Å². The van der Waals surface area contributed by atoms with Crippen LogP contribution >= 0.6 is 0 Å². The second kappa shape index (κ2) is 5.88. The molecule has 1 aromatic heterocycles. The van der Waals surface area contributed by atoms with Crippen molar-refractivity contribution >= 4 is 26.8 Å². The zero-order valence-corrected chi connectivity index (χ0v) is 13.4. The van der Waals surface area contributed by atoms with Crippen molar-refractivity contribution in [2.24, 2.45) is 5.73 Å². The van der Waals surface area contributed by atoms with E-state index in [1.807, 2.05) is 0 Å². The quantitative estimate of drug-likeness (QED) is 0.830. The number of carbonyl (C=O) groups is 1. The molecule has 0 bridgehead atoms. The Morgan fingerprint density at radius 3 is 2.78 bits per heavy atom. The van der Waals surface area contributed by atoms with Gasteiger partial charge in [-0.25, -0.2) is 18.2 Å². The average Bonchev–Trinajstić information content (AvgIpc) is 3.00. The summed E-state index contributed by atoms with van der Waals surface area (Å²) in [6, 6.07) is 6.22. The number of benzene rings is 1. The number of methoxy groups -OCH3 is 1. The number of rotatable bonds is 3. The lowest BCUT2D eigenvalue weighted by molar-refractivity contribution is 0.0596. The van der Waals surface area contributed by atoms with Crippen LogP contribution in [-0.4, -0.2) is 49.9 Å². The van der Waals surface area contributed by atoms with Crippen molar-refractivity contribution in [2.45, 2.75) is 17.4 Å². The Labute approximate surface area is 134 Å². The maximum atomic E-state index is 12.9. The first-order valence-electron chi connectivity index (χ1n) is 7.17. The van der Waals surface area contributed by atoms with Gasteiger partial charge in [0.15, 0.2) is 5.69 Å². The van der Waals surface area contributed by atoms with Crippen LogP contribution in [0.5, 0.6) is 0 Å². The largest absolute Gasteiger partial charge is 0.464 e. The lowest BCUT2D eigenvalue weighted by Crippen LogP contribution is -2.32. The van der Waals surface area contributed by atoms with Crippen LogP contribution < -0.4 is 5.73 Å². The number of fused-ring (bicyclic) bond motifs is 1. The third-order valence-corrected chi connectivity index (χ3v) is 5.87. The van der Waals surface area contributed by atoms with E-state index in [0.717, 1.165) is 0 Å².